The SMILES string of the molecule is Cc1ccc(F)cc1Cn1cccc1CNC(C)(C)C. The lowest BCUT2D eigenvalue weighted by atomic mass is 10.1. The summed E-state index contributed by atoms with van der Waals surface area (Å²) in [5.74, 6) is -0.174. The standard InChI is InChI=1S/C17H23FN2/c1-13-7-8-15(18)10-14(13)12-20-9-5-6-16(20)11-19-17(2,3)4/h5-10,19H,11-12H2,1-4H3. The second-order valence-electron chi connectivity index (χ2n) is 6.30. The van der Waals surface area contributed by atoms with Crippen LogP contribution in [0.15, 0.2) is 36.5 Å². The van der Waals surface area contributed by atoms with Crippen LogP contribution in [0.25, 0.3) is 0 Å². The Morgan fingerprint density at radius 3 is 2.65 bits per heavy atom. The smallest absolute Gasteiger partial charge is 0.123 e. The van der Waals surface area contributed by atoms with Gasteiger partial charge in [-0.1, -0.05) is 6.07 Å². The highest BCUT2D eigenvalue weighted by molar-refractivity contribution is 5.27. The zero-order valence-corrected chi connectivity index (χ0v) is 12.7. The van der Waals surface area contributed by atoms with Crippen LogP contribution in [0, 0.1) is 12.7 Å². The Morgan fingerprint density at radius 2 is 1.95 bits per heavy atom. The quantitative estimate of drug-likeness (QED) is 0.895. The first-order valence-electron chi connectivity index (χ1n) is 6.99. The van der Waals surface area contributed by atoms with Gasteiger partial charge in [-0.25, -0.2) is 4.39 Å². The van der Waals surface area contributed by atoms with Gasteiger partial charge in [-0.15, -0.1) is 0 Å². The highest BCUT2D eigenvalue weighted by Gasteiger charge is 2.10. The molecule has 0 radical (unpaired) electrons. The molecule has 0 unspecified atom stereocenters. The van der Waals surface area contributed by atoms with Crippen LogP contribution in [0.4, 0.5) is 4.39 Å². The molecule has 0 saturated heterocycles. The highest BCUT2D eigenvalue weighted by Crippen LogP contribution is 2.14. The third-order valence-corrected chi connectivity index (χ3v) is 3.38. The molecule has 0 saturated carbocycles. The zero-order chi connectivity index (χ0) is 14.8. The van der Waals surface area contributed by atoms with Crippen molar-refractivity contribution < 1.29 is 4.39 Å². The van der Waals surface area contributed by atoms with Gasteiger partial charge in [0.25, 0.3) is 0 Å². The van der Waals surface area contributed by atoms with Crippen LogP contribution in [0.5, 0.6) is 0 Å². The predicted octanol–water partition coefficient (Wildman–Crippen LogP) is 3.87. The van der Waals surface area contributed by atoms with Crippen molar-refractivity contribution in [3.05, 3.63) is 59.2 Å². The van der Waals surface area contributed by atoms with E-state index in [1.807, 2.05) is 25.3 Å². The highest BCUT2D eigenvalue weighted by atomic mass is 19.1. The molecule has 0 spiro atoms. The van der Waals surface area contributed by atoms with E-state index in [4.69, 9.17) is 0 Å². The van der Waals surface area contributed by atoms with Gasteiger partial charge in [0.2, 0.25) is 0 Å². The molecule has 0 atom stereocenters. The Labute approximate surface area is 120 Å². The fourth-order valence-corrected chi connectivity index (χ4v) is 2.11. The molecule has 2 nitrogen and oxygen atoms in total. The second-order valence-corrected chi connectivity index (χ2v) is 6.30. The number of nitrogens with zero attached hydrogens (tertiary/aromatic N) is 1. The van der Waals surface area contributed by atoms with E-state index in [0.29, 0.717) is 6.54 Å². The number of benzene rings is 1. The van der Waals surface area contributed by atoms with Gasteiger partial charge >= 0.3 is 0 Å². The van der Waals surface area contributed by atoms with E-state index in [-0.39, 0.29) is 11.4 Å². The first-order valence-corrected chi connectivity index (χ1v) is 6.99. The molecule has 1 aromatic heterocycles. The molecule has 0 aliphatic rings. The Hall–Kier alpha value is -1.61. The summed E-state index contributed by atoms with van der Waals surface area (Å²) in [5, 5.41) is 3.48. The lowest BCUT2D eigenvalue weighted by Crippen LogP contribution is -2.35. The summed E-state index contributed by atoms with van der Waals surface area (Å²) in [5.41, 5.74) is 3.45. The molecule has 0 bridgehead atoms. The Kier molecular flexibility index (Phi) is 4.29. The molecule has 0 amide bonds. The molecular weight excluding hydrogens is 251 g/mol. The average Bonchev–Trinajstić information content (AvgIpc) is 2.78. The van der Waals surface area contributed by atoms with Gasteiger partial charge in [-0.2, -0.15) is 0 Å². The van der Waals surface area contributed by atoms with Crippen LogP contribution in [-0.4, -0.2) is 10.1 Å². The van der Waals surface area contributed by atoms with Crippen molar-refractivity contribution in [2.75, 3.05) is 0 Å². The largest absolute Gasteiger partial charge is 0.346 e. The van der Waals surface area contributed by atoms with Crippen molar-refractivity contribution in [2.45, 2.75) is 46.3 Å². The molecule has 1 heterocycles. The maximum absolute atomic E-state index is 13.4. The van der Waals surface area contributed by atoms with Crippen LogP contribution >= 0.6 is 0 Å². The molecule has 0 aliphatic carbocycles. The monoisotopic (exact) mass is 274 g/mol. The molecule has 0 aliphatic heterocycles. The van der Waals surface area contributed by atoms with Crippen LogP contribution in [-0.2, 0) is 13.1 Å². The average molecular weight is 274 g/mol. The summed E-state index contributed by atoms with van der Waals surface area (Å²) in [7, 11) is 0. The maximum atomic E-state index is 13.4. The Balaban J connectivity index is 2.14. The van der Waals surface area contributed by atoms with E-state index in [9.17, 15) is 4.39 Å². The van der Waals surface area contributed by atoms with Crippen molar-refractivity contribution in [1.82, 2.24) is 9.88 Å². The molecule has 3 heteroatoms. The van der Waals surface area contributed by atoms with Crippen molar-refractivity contribution in [2.24, 2.45) is 0 Å². The third kappa shape index (κ3) is 3.94. The molecular formula is C17H23FN2. The van der Waals surface area contributed by atoms with E-state index in [2.05, 4.69) is 36.7 Å². The van der Waals surface area contributed by atoms with Crippen LogP contribution in [0.3, 0.4) is 0 Å². The molecule has 2 aromatic rings. The fraction of sp³-hybridized carbons (Fsp3) is 0.412. The Bertz CT molecular complexity index is 579. The van der Waals surface area contributed by atoms with Crippen LogP contribution in [0.1, 0.15) is 37.6 Å². The molecule has 0 fully saturated rings. The lowest BCUT2D eigenvalue weighted by Gasteiger charge is -2.21. The number of hydrogen-bond donors (Lipinski definition) is 1. The summed E-state index contributed by atoms with van der Waals surface area (Å²) < 4.78 is 15.5. The number of nitrogens with one attached hydrogen (secondary N) is 1. The first-order chi connectivity index (χ1) is 9.35. The minimum Gasteiger partial charge on any atom is -0.346 e. The summed E-state index contributed by atoms with van der Waals surface area (Å²) in [6.45, 7) is 9.99. The van der Waals surface area contributed by atoms with Crippen LogP contribution < -0.4 is 5.32 Å². The number of aryl methyl sites for hydroxylation is 1. The van der Waals surface area contributed by atoms with Crippen molar-refractivity contribution >= 4 is 0 Å². The van der Waals surface area contributed by atoms with E-state index < -0.39 is 0 Å². The third-order valence-electron chi connectivity index (χ3n) is 3.38. The van der Waals surface area contributed by atoms with E-state index in [1.54, 1.807) is 6.07 Å². The minimum atomic E-state index is -0.174. The topological polar surface area (TPSA) is 17.0 Å². The van der Waals surface area contributed by atoms with Crippen molar-refractivity contribution in [1.29, 1.82) is 0 Å². The van der Waals surface area contributed by atoms with Gasteiger partial charge in [0, 0.05) is 30.5 Å². The molecule has 108 valence electrons. The predicted molar refractivity (Wildman–Crippen MR) is 81.3 cm³/mol. The van der Waals surface area contributed by atoms with E-state index >= 15 is 0 Å². The number of rotatable bonds is 4. The molecule has 20 heavy (non-hydrogen) atoms. The van der Waals surface area contributed by atoms with Crippen molar-refractivity contribution in [3.8, 4) is 0 Å². The first kappa shape index (κ1) is 14.8. The Morgan fingerprint density at radius 1 is 1.20 bits per heavy atom. The second kappa shape index (κ2) is 5.80. The molecule has 1 N–H and O–H groups in total. The van der Waals surface area contributed by atoms with Crippen molar-refractivity contribution in [3.63, 3.8) is 0 Å². The maximum Gasteiger partial charge on any atom is 0.123 e. The molecule has 2 rings (SSSR count). The fourth-order valence-electron chi connectivity index (χ4n) is 2.11. The lowest BCUT2D eigenvalue weighted by molar-refractivity contribution is 0.417. The van der Waals surface area contributed by atoms with Gasteiger partial charge in [0.05, 0.1) is 0 Å². The number of aromatic nitrogens is 1. The zero-order valence-electron chi connectivity index (χ0n) is 12.7. The van der Waals surface area contributed by atoms with Gasteiger partial charge in [0.1, 0.15) is 5.82 Å². The number of halogens is 1. The van der Waals surface area contributed by atoms with Crippen LogP contribution in [0.2, 0.25) is 0 Å². The number of hydrogen-bond acceptors (Lipinski definition) is 1. The molecule has 1 aromatic carbocycles. The minimum absolute atomic E-state index is 0.0872. The summed E-state index contributed by atoms with van der Waals surface area (Å²) in [6.07, 6.45) is 2.05. The van der Waals surface area contributed by atoms with Gasteiger partial charge in [0.15, 0.2) is 0 Å². The van der Waals surface area contributed by atoms with Gasteiger partial charge in [-0.3, -0.25) is 0 Å². The summed E-state index contributed by atoms with van der Waals surface area (Å²) in [4.78, 5) is 0. The summed E-state index contributed by atoms with van der Waals surface area (Å²) >= 11 is 0. The van der Waals surface area contributed by atoms with Gasteiger partial charge < -0.3 is 9.88 Å². The van der Waals surface area contributed by atoms with E-state index in [0.717, 1.165) is 17.7 Å². The summed E-state index contributed by atoms with van der Waals surface area (Å²) in [6, 6.07) is 9.11. The van der Waals surface area contributed by atoms with E-state index in [1.165, 1.54) is 11.8 Å². The normalized spacial score (nSPS) is 11.8. The van der Waals surface area contributed by atoms with Gasteiger partial charge in [-0.05, 0) is 63.1 Å².